The number of ether oxygens (including phenoxy) is 1. The van der Waals surface area contributed by atoms with Gasteiger partial charge in [0.25, 0.3) is 0 Å². The van der Waals surface area contributed by atoms with Crippen LogP contribution in [0.3, 0.4) is 0 Å². The number of nitrogens with zero attached hydrogens (tertiary/aromatic N) is 4. The van der Waals surface area contributed by atoms with Gasteiger partial charge < -0.3 is 19.1 Å². The first-order valence-corrected chi connectivity index (χ1v) is 26.9. The van der Waals surface area contributed by atoms with Crippen molar-refractivity contribution in [3.8, 4) is 61.8 Å². The van der Waals surface area contributed by atoms with Crippen LogP contribution in [0.15, 0.2) is 206 Å². The molecule has 412 valence electrons. The molecule has 0 radical (unpaired) electrons. The van der Waals surface area contributed by atoms with Gasteiger partial charge in [-0.3, -0.25) is 0 Å². The zero-order chi connectivity index (χ0) is 74.3. The molecule has 13 rings (SSSR count). The maximum Gasteiger partial charge on any atom is 0.135 e. The third-order valence-electron chi connectivity index (χ3n) is 15.5. The van der Waals surface area contributed by atoms with Gasteiger partial charge in [-0.25, -0.2) is 4.98 Å². The molecular formula is C76H69N4OPt-3. The first-order valence-electron chi connectivity index (χ1n) is 37.4. The minimum absolute atomic E-state index is 0. The molecule has 82 heavy (non-hydrogen) atoms. The van der Waals surface area contributed by atoms with E-state index in [-0.39, 0.29) is 124 Å². The molecule has 3 heterocycles. The summed E-state index contributed by atoms with van der Waals surface area (Å²) in [5.41, 5.74) is 0.946. The summed E-state index contributed by atoms with van der Waals surface area (Å²) in [7, 11) is 0. The Hall–Kier alpha value is -7.98. The largest absolute Gasteiger partial charge is 0.509 e. The van der Waals surface area contributed by atoms with Crippen LogP contribution < -0.4 is 14.5 Å². The van der Waals surface area contributed by atoms with E-state index < -0.39 is 129 Å². The number of pyridine rings is 1. The van der Waals surface area contributed by atoms with Gasteiger partial charge in [0.15, 0.2) is 0 Å². The summed E-state index contributed by atoms with van der Waals surface area (Å²) in [5, 5.41) is 0.526. The van der Waals surface area contributed by atoms with E-state index in [4.69, 9.17) is 26.2 Å². The van der Waals surface area contributed by atoms with Crippen LogP contribution in [0, 0.1) is 18.8 Å². The number of fused-ring (bicyclic) bond motifs is 5. The molecule has 0 fully saturated rings. The van der Waals surface area contributed by atoms with Crippen LogP contribution in [-0.4, -0.2) is 9.55 Å². The molecule has 0 saturated heterocycles. The standard InChI is InChI=1S/C76H69N4O.Pt/c1-73(2,3)55-43-61(53-34-32-51(33-35-53)50-22-13-11-14-23-50)72(62(44-55)54-36-39-64-66(42-54)76(9,10)41-40-75(64,7)8)79-49-78(68-30-19-20-31-69(68)79)56-26-21-27-57(45-56)81-58-37-38-60-59-28-17-18-29-67(59)80(70(60)46-58)71-47-65(74(4,5)6)63(48-77-71)52-24-15-12-16-25-52;/h11-39,42-44,47-49H,40-41H2,1-10H3;/q-3;/i11D,12D,13D,14D,15D,16D,17D,18D,22D,23D,24D,25D,28D,29D,32D,33D,34D,35D,36D,39D,42D;. The molecule has 0 N–H and O–H groups in total. The summed E-state index contributed by atoms with van der Waals surface area (Å²) in [4.78, 5) is 8.41. The quantitative estimate of drug-likeness (QED) is 0.135. The van der Waals surface area contributed by atoms with E-state index >= 15 is 0 Å². The van der Waals surface area contributed by atoms with Crippen molar-refractivity contribution in [2.75, 3.05) is 9.80 Å². The molecule has 5 nitrogen and oxygen atoms in total. The van der Waals surface area contributed by atoms with Crippen molar-refractivity contribution in [1.29, 1.82) is 0 Å². The number of rotatable bonds is 9. The predicted octanol–water partition coefficient (Wildman–Crippen LogP) is 20.6. The maximum absolute atomic E-state index is 10.4. The summed E-state index contributed by atoms with van der Waals surface area (Å²) in [6, 6.07) is 17.1. The fourth-order valence-electron chi connectivity index (χ4n) is 11.0. The summed E-state index contributed by atoms with van der Waals surface area (Å²) in [5.74, 6) is 0.439. The van der Waals surface area contributed by atoms with E-state index in [9.17, 15) is 12.3 Å². The van der Waals surface area contributed by atoms with Gasteiger partial charge in [0.2, 0.25) is 0 Å². The van der Waals surface area contributed by atoms with Crippen molar-refractivity contribution in [1.82, 2.24) is 9.55 Å². The molecule has 6 heteroatoms. The number of hydrogen-bond acceptors (Lipinski definition) is 4. The fourth-order valence-corrected chi connectivity index (χ4v) is 11.0. The van der Waals surface area contributed by atoms with Crippen molar-refractivity contribution in [2.24, 2.45) is 0 Å². The molecule has 1 aliphatic heterocycles. The molecule has 0 saturated carbocycles. The average Bonchev–Trinajstić information content (AvgIpc) is 1.62. The van der Waals surface area contributed by atoms with Gasteiger partial charge in [-0.1, -0.05) is 208 Å². The maximum atomic E-state index is 10.4. The molecule has 1 aliphatic carbocycles. The number of benzene rings is 9. The van der Waals surface area contributed by atoms with Gasteiger partial charge in [0.1, 0.15) is 5.82 Å². The molecule has 2 aromatic heterocycles. The zero-order valence-corrected chi connectivity index (χ0v) is 49.3. The third-order valence-corrected chi connectivity index (χ3v) is 15.5. The minimum Gasteiger partial charge on any atom is -0.509 e. The van der Waals surface area contributed by atoms with Crippen molar-refractivity contribution in [2.45, 2.75) is 104 Å². The topological polar surface area (TPSA) is 33.5 Å². The zero-order valence-electron chi connectivity index (χ0n) is 68.0. The Morgan fingerprint density at radius 1 is 0.549 bits per heavy atom. The number of aromatic nitrogens is 2. The Morgan fingerprint density at radius 2 is 1.13 bits per heavy atom. The van der Waals surface area contributed by atoms with Gasteiger partial charge in [0, 0.05) is 78.0 Å². The van der Waals surface area contributed by atoms with Crippen LogP contribution in [0.4, 0.5) is 22.7 Å². The van der Waals surface area contributed by atoms with E-state index in [2.05, 4.69) is 12.1 Å². The Morgan fingerprint density at radius 3 is 1.83 bits per heavy atom. The third kappa shape index (κ3) is 9.85. The second-order valence-electron chi connectivity index (χ2n) is 24.0. The van der Waals surface area contributed by atoms with Crippen molar-refractivity contribution >= 4 is 44.6 Å². The van der Waals surface area contributed by atoms with Gasteiger partial charge in [-0.05, 0) is 126 Å². The van der Waals surface area contributed by atoms with Crippen LogP contribution in [0.1, 0.15) is 133 Å². The van der Waals surface area contributed by atoms with Crippen molar-refractivity contribution in [3.63, 3.8) is 0 Å². The van der Waals surface area contributed by atoms with Gasteiger partial charge in [0.05, 0.1) is 28.8 Å². The fraction of sp³-hybridized carbons (Fsp3) is 0.211. The van der Waals surface area contributed by atoms with E-state index in [1.807, 2.05) is 93.5 Å². The van der Waals surface area contributed by atoms with Gasteiger partial charge in [-0.2, -0.15) is 12.1 Å². The molecule has 0 unspecified atom stereocenters. The molecular weight excluding hydrogens is 1180 g/mol. The Labute approximate surface area is 529 Å². The summed E-state index contributed by atoms with van der Waals surface area (Å²) >= 11 is 0. The monoisotopic (exact) mass is 1270 g/mol. The predicted molar refractivity (Wildman–Crippen MR) is 339 cm³/mol. The van der Waals surface area contributed by atoms with Crippen LogP contribution in [0.2, 0.25) is 0 Å². The van der Waals surface area contributed by atoms with Crippen LogP contribution in [-0.2, 0) is 42.7 Å². The van der Waals surface area contributed by atoms with E-state index in [0.717, 1.165) is 0 Å². The van der Waals surface area contributed by atoms with E-state index in [1.54, 1.807) is 69.6 Å². The van der Waals surface area contributed by atoms with Gasteiger partial charge >= 0.3 is 0 Å². The molecule has 0 bridgehead atoms. The first-order chi connectivity index (χ1) is 47.6. The Balaban J connectivity index is 0.00001000. The van der Waals surface area contributed by atoms with Crippen LogP contribution >= 0.6 is 0 Å². The SMILES string of the molecule is [2H]c1c([2H])c([2H])c(-c2cnc(-n3c4[c-]c(Oc5[c-]c(N6[CH-]N(c7c(-c8c([2H])c([2H])c(-c9c([2H])c([2H])c([2H])c([2H])c9[2H])c([2H])c8[2H])cc(C(C)(C)C)cc7-c7c([2H])c([2H])c8c(c7[2H])C(C)(C)CCC8(C)C)c7ccccc76)ccc5)ccc4c4c([2H])c([2H])c([2H])c([2H])c43)cc2C(C)(C)C)c([2H])c1[2H].[Pt]. The average molecular weight is 1270 g/mol. The molecule has 2 aliphatic rings. The van der Waals surface area contributed by atoms with Crippen molar-refractivity contribution in [3.05, 3.63) is 247 Å². The molecule has 0 spiro atoms. The van der Waals surface area contributed by atoms with Crippen molar-refractivity contribution < 1.29 is 54.6 Å². The normalized spacial score (nSPS) is 18.2. The number of anilines is 4. The Bertz CT molecular complexity index is 5420. The Kier molecular flexibility index (Phi) is 8.90. The van der Waals surface area contributed by atoms with Gasteiger partial charge in [-0.15, -0.1) is 48.1 Å². The molecule has 0 amide bonds. The summed E-state index contributed by atoms with van der Waals surface area (Å²) in [6.45, 7) is 21.3. The molecule has 0 atom stereocenters. The van der Waals surface area contributed by atoms with Crippen LogP contribution in [0.25, 0.3) is 72.1 Å². The van der Waals surface area contributed by atoms with Crippen LogP contribution in [0.5, 0.6) is 11.5 Å². The molecule has 9 aromatic carbocycles. The summed E-state index contributed by atoms with van der Waals surface area (Å²) < 4.78 is 200. The second-order valence-corrected chi connectivity index (χ2v) is 24.0. The minimum atomic E-state index is -0.761. The van der Waals surface area contributed by atoms with E-state index in [1.165, 1.54) is 6.20 Å². The summed E-state index contributed by atoms with van der Waals surface area (Å²) in [6.07, 6.45) is 2.77. The number of hydrogen-bond donors (Lipinski definition) is 0. The first kappa shape index (κ1) is 35.1. The molecule has 11 aromatic rings. The number of para-hydroxylation sites is 3. The van der Waals surface area contributed by atoms with E-state index in [0.29, 0.717) is 57.5 Å². The smallest absolute Gasteiger partial charge is 0.135 e. The second kappa shape index (κ2) is 20.8.